The number of likely N-dealkylation sites (N-methyl/N-ethyl adjacent to an activating group) is 1. The van der Waals surface area contributed by atoms with Crippen LogP contribution in [0.1, 0.15) is 13.3 Å². The molecule has 2 amide bonds. The Morgan fingerprint density at radius 3 is 2.31 bits per heavy atom. The van der Waals surface area contributed by atoms with E-state index in [0.717, 1.165) is 26.2 Å². The Hall–Kier alpha value is -2.45. The van der Waals surface area contributed by atoms with Crippen molar-refractivity contribution in [3.8, 4) is 0 Å². The number of carboxylic acid groups (broad SMARTS) is 1. The van der Waals surface area contributed by atoms with Gasteiger partial charge in [0.05, 0.1) is 5.92 Å². The van der Waals surface area contributed by atoms with Crippen molar-refractivity contribution in [1.82, 2.24) is 9.80 Å². The molecule has 0 unspecified atom stereocenters. The number of nitrogens with one attached hydrogen (secondary N) is 2. The summed E-state index contributed by atoms with van der Waals surface area (Å²) in [7, 11) is 2.04. The predicted molar refractivity (Wildman–Crippen MR) is 99.1 cm³/mol. The summed E-state index contributed by atoms with van der Waals surface area (Å²) in [5.41, 5.74) is 1.09. The molecule has 0 aromatic heterocycles. The van der Waals surface area contributed by atoms with Crippen LogP contribution in [0.25, 0.3) is 0 Å². The van der Waals surface area contributed by atoms with Gasteiger partial charge in [0, 0.05) is 57.4 Å². The van der Waals surface area contributed by atoms with Crippen LogP contribution >= 0.6 is 0 Å². The minimum Gasteiger partial charge on any atom is -0.481 e. The summed E-state index contributed by atoms with van der Waals surface area (Å²) in [6, 6.07) is 6.75. The molecule has 1 heterocycles. The van der Waals surface area contributed by atoms with E-state index in [1.165, 1.54) is 6.92 Å². The molecule has 8 heteroatoms. The zero-order chi connectivity index (χ0) is 19.1. The van der Waals surface area contributed by atoms with Gasteiger partial charge in [-0.15, -0.1) is 0 Å². The van der Waals surface area contributed by atoms with Crippen LogP contribution in [0, 0.1) is 5.92 Å². The molecule has 1 aliphatic rings. The van der Waals surface area contributed by atoms with Crippen LogP contribution in [-0.2, 0) is 14.4 Å². The van der Waals surface area contributed by atoms with Crippen LogP contribution in [-0.4, -0.2) is 72.5 Å². The fraction of sp³-hybridized carbons (Fsp3) is 0.500. The Kier molecular flexibility index (Phi) is 7.11. The Bertz CT molecular complexity index is 656. The smallest absolute Gasteiger partial charge is 0.308 e. The molecule has 0 saturated carbocycles. The molecule has 0 spiro atoms. The number of benzene rings is 1. The Morgan fingerprint density at radius 1 is 1.12 bits per heavy atom. The van der Waals surface area contributed by atoms with Gasteiger partial charge in [0.25, 0.3) is 0 Å². The van der Waals surface area contributed by atoms with Crippen LogP contribution in [0.3, 0.4) is 0 Å². The summed E-state index contributed by atoms with van der Waals surface area (Å²) < 4.78 is 0. The molecule has 2 rings (SSSR count). The molecule has 1 aliphatic heterocycles. The quantitative estimate of drug-likeness (QED) is 0.667. The van der Waals surface area contributed by atoms with E-state index in [2.05, 4.69) is 20.4 Å². The summed E-state index contributed by atoms with van der Waals surface area (Å²) in [5, 5.41) is 14.8. The first-order chi connectivity index (χ1) is 12.3. The highest BCUT2D eigenvalue weighted by Crippen LogP contribution is 2.17. The largest absolute Gasteiger partial charge is 0.481 e. The van der Waals surface area contributed by atoms with Crippen molar-refractivity contribution < 1.29 is 19.5 Å². The van der Waals surface area contributed by atoms with E-state index in [0.29, 0.717) is 17.9 Å². The van der Waals surface area contributed by atoms with Crippen molar-refractivity contribution in [3.63, 3.8) is 0 Å². The summed E-state index contributed by atoms with van der Waals surface area (Å²) >= 11 is 0. The molecule has 0 aliphatic carbocycles. The highest BCUT2D eigenvalue weighted by atomic mass is 16.4. The second kappa shape index (κ2) is 9.30. The minimum atomic E-state index is -0.967. The fourth-order valence-electron chi connectivity index (χ4n) is 2.89. The number of carbonyl (C=O) groups is 3. The topological polar surface area (TPSA) is 102 Å². The van der Waals surface area contributed by atoms with Crippen molar-refractivity contribution in [2.24, 2.45) is 5.92 Å². The van der Waals surface area contributed by atoms with Crippen LogP contribution in [0.15, 0.2) is 24.3 Å². The van der Waals surface area contributed by atoms with E-state index >= 15 is 0 Å². The van der Waals surface area contributed by atoms with Crippen LogP contribution in [0.2, 0.25) is 0 Å². The summed E-state index contributed by atoms with van der Waals surface area (Å²) in [4.78, 5) is 39.2. The molecular weight excluding hydrogens is 336 g/mol. The highest BCUT2D eigenvalue weighted by Gasteiger charge is 2.25. The van der Waals surface area contributed by atoms with Crippen molar-refractivity contribution in [1.29, 1.82) is 0 Å². The lowest BCUT2D eigenvalue weighted by Crippen LogP contribution is -2.47. The first-order valence-electron chi connectivity index (χ1n) is 8.64. The molecule has 8 nitrogen and oxygen atoms in total. The van der Waals surface area contributed by atoms with Gasteiger partial charge in [-0.2, -0.15) is 0 Å². The molecule has 1 aromatic carbocycles. The first kappa shape index (κ1) is 19.9. The zero-order valence-electron chi connectivity index (χ0n) is 15.2. The monoisotopic (exact) mass is 362 g/mol. The number of rotatable bonds is 7. The molecule has 1 atom stereocenters. The van der Waals surface area contributed by atoms with Crippen molar-refractivity contribution in [3.05, 3.63) is 24.3 Å². The number of aliphatic carboxylic acids is 1. The van der Waals surface area contributed by atoms with Crippen molar-refractivity contribution in [2.75, 3.05) is 50.4 Å². The molecule has 0 radical (unpaired) electrons. The number of amides is 2. The van der Waals surface area contributed by atoms with E-state index in [4.69, 9.17) is 0 Å². The summed E-state index contributed by atoms with van der Waals surface area (Å²) in [5.74, 6) is -2.28. The minimum absolute atomic E-state index is 0.0912. The number of piperazine rings is 1. The molecule has 26 heavy (non-hydrogen) atoms. The Labute approximate surface area is 153 Å². The highest BCUT2D eigenvalue weighted by molar-refractivity contribution is 5.94. The average Bonchev–Trinajstić information content (AvgIpc) is 2.55. The Balaban J connectivity index is 1.91. The maximum Gasteiger partial charge on any atom is 0.308 e. The van der Waals surface area contributed by atoms with Crippen LogP contribution in [0.4, 0.5) is 11.4 Å². The van der Waals surface area contributed by atoms with Gasteiger partial charge in [0.2, 0.25) is 11.8 Å². The number of hydrogen-bond donors (Lipinski definition) is 3. The van der Waals surface area contributed by atoms with Gasteiger partial charge in [-0.3, -0.25) is 19.3 Å². The maximum absolute atomic E-state index is 12.3. The fourth-order valence-corrected chi connectivity index (χ4v) is 2.89. The van der Waals surface area contributed by atoms with E-state index in [-0.39, 0.29) is 18.2 Å². The molecule has 1 saturated heterocycles. The number of anilines is 2. The molecule has 0 bridgehead atoms. The summed E-state index contributed by atoms with van der Waals surface area (Å²) in [6.07, 6.45) is -0.0912. The van der Waals surface area contributed by atoms with E-state index < -0.39 is 11.9 Å². The van der Waals surface area contributed by atoms with E-state index in [1.807, 2.05) is 7.05 Å². The van der Waals surface area contributed by atoms with Crippen LogP contribution in [0.5, 0.6) is 0 Å². The molecule has 142 valence electrons. The van der Waals surface area contributed by atoms with Gasteiger partial charge < -0.3 is 20.6 Å². The van der Waals surface area contributed by atoms with E-state index in [1.54, 1.807) is 24.3 Å². The zero-order valence-corrected chi connectivity index (χ0v) is 15.2. The number of carboxylic acids is 1. The standard InChI is InChI=1S/C18H26N4O4/c1-13(23)19-15-4-3-5-16(11-15)20-17(24)10-14(18(25)26)12-22-8-6-21(2)7-9-22/h3-5,11,14H,6-10,12H2,1-2H3,(H,19,23)(H,20,24)(H,25,26)/t14-/m0/s1. The summed E-state index contributed by atoms with van der Waals surface area (Å²) in [6.45, 7) is 5.17. The third-order valence-corrected chi connectivity index (χ3v) is 4.32. The lowest BCUT2D eigenvalue weighted by atomic mass is 10.0. The third kappa shape index (κ3) is 6.45. The van der Waals surface area contributed by atoms with E-state index in [9.17, 15) is 19.5 Å². The molecule has 1 fully saturated rings. The normalized spacial score (nSPS) is 16.7. The maximum atomic E-state index is 12.3. The predicted octanol–water partition coefficient (Wildman–Crippen LogP) is 0.922. The number of nitrogens with zero attached hydrogens (tertiary/aromatic N) is 2. The van der Waals surface area contributed by atoms with Crippen molar-refractivity contribution >= 4 is 29.2 Å². The second-order valence-electron chi connectivity index (χ2n) is 6.65. The second-order valence-corrected chi connectivity index (χ2v) is 6.65. The van der Waals surface area contributed by atoms with Gasteiger partial charge in [-0.05, 0) is 25.2 Å². The van der Waals surface area contributed by atoms with Gasteiger partial charge in [0.1, 0.15) is 0 Å². The molecular formula is C18H26N4O4. The van der Waals surface area contributed by atoms with Gasteiger partial charge >= 0.3 is 5.97 Å². The average molecular weight is 362 g/mol. The van der Waals surface area contributed by atoms with Gasteiger partial charge in [-0.25, -0.2) is 0 Å². The molecule has 1 aromatic rings. The lowest BCUT2D eigenvalue weighted by molar-refractivity contribution is -0.144. The van der Waals surface area contributed by atoms with Gasteiger partial charge in [-0.1, -0.05) is 6.07 Å². The third-order valence-electron chi connectivity index (χ3n) is 4.32. The first-order valence-corrected chi connectivity index (χ1v) is 8.64. The van der Waals surface area contributed by atoms with Crippen molar-refractivity contribution in [2.45, 2.75) is 13.3 Å². The SMILES string of the molecule is CC(=O)Nc1cccc(NC(=O)C[C@@H](CN2CCN(C)CC2)C(=O)O)c1. The number of hydrogen-bond acceptors (Lipinski definition) is 5. The lowest BCUT2D eigenvalue weighted by Gasteiger charge is -2.33. The Morgan fingerprint density at radius 2 is 1.73 bits per heavy atom. The molecule has 3 N–H and O–H groups in total. The van der Waals surface area contributed by atoms with Gasteiger partial charge in [0.15, 0.2) is 0 Å². The van der Waals surface area contributed by atoms with Crippen LogP contribution < -0.4 is 10.6 Å². The number of carbonyl (C=O) groups excluding carboxylic acids is 2.